The van der Waals surface area contributed by atoms with Gasteiger partial charge in [0.25, 0.3) is 5.91 Å². The first kappa shape index (κ1) is 26.4. The van der Waals surface area contributed by atoms with E-state index in [1.807, 2.05) is 31.2 Å². The first-order chi connectivity index (χ1) is 19.3. The number of nitrogens with zero attached hydrogens (tertiary/aromatic N) is 3. The van der Waals surface area contributed by atoms with E-state index in [2.05, 4.69) is 4.98 Å². The number of sulfonamides is 1. The minimum atomic E-state index is -4.02. The van der Waals surface area contributed by atoms with E-state index in [4.69, 9.17) is 4.42 Å². The first-order valence-corrected chi connectivity index (χ1v) is 15.2. The van der Waals surface area contributed by atoms with E-state index in [0.717, 1.165) is 41.7 Å². The number of aromatic nitrogens is 1. The van der Waals surface area contributed by atoms with Crippen LogP contribution >= 0.6 is 0 Å². The maximum atomic E-state index is 14.0. The number of carbonyl (C=O) groups excluding carboxylic acids is 2. The molecule has 9 heteroatoms. The van der Waals surface area contributed by atoms with E-state index >= 15 is 0 Å². The minimum Gasteiger partial charge on any atom is -0.436 e. The maximum absolute atomic E-state index is 14.0. The van der Waals surface area contributed by atoms with Gasteiger partial charge in [0.2, 0.25) is 21.8 Å². The van der Waals surface area contributed by atoms with E-state index < -0.39 is 27.9 Å². The lowest BCUT2D eigenvalue weighted by Gasteiger charge is -2.33. The second-order valence-corrected chi connectivity index (χ2v) is 12.5. The van der Waals surface area contributed by atoms with E-state index in [1.165, 1.54) is 4.31 Å². The normalized spacial score (nSPS) is 19.1. The van der Waals surface area contributed by atoms with Gasteiger partial charge in [-0.15, -0.1) is 0 Å². The number of fused-ring (bicyclic) bond motifs is 1. The zero-order valence-electron chi connectivity index (χ0n) is 22.3. The first-order valence-electron chi connectivity index (χ1n) is 13.8. The second kappa shape index (κ2) is 10.6. The summed E-state index contributed by atoms with van der Waals surface area (Å²) < 4.78 is 35.3. The summed E-state index contributed by atoms with van der Waals surface area (Å²) in [7, 11) is -4.02. The van der Waals surface area contributed by atoms with E-state index in [0.29, 0.717) is 35.6 Å². The fraction of sp³-hybridized carbons (Fsp3) is 0.323. The molecule has 8 nitrogen and oxygen atoms in total. The molecular formula is C31H31N3O5S. The molecular weight excluding hydrogens is 526 g/mol. The van der Waals surface area contributed by atoms with Crippen LogP contribution in [-0.2, 0) is 19.6 Å². The van der Waals surface area contributed by atoms with Gasteiger partial charge in [0.05, 0.1) is 17.0 Å². The van der Waals surface area contributed by atoms with Crippen LogP contribution in [0.5, 0.6) is 0 Å². The van der Waals surface area contributed by atoms with Gasteiger partial charge in [-0.05, 0) is 68.3 Å². The Bertz CT molecular complexity index is 1620. The number of hydrogen-bond donors (Lipinski definition) is 0. The van der Waals surface area contributed by atoms with Crippen molar-refractivity contribution in [3.8, 4) is 11.5 Å². The molecule has 0 bridgehead atoms. The Hall–Kier alpha value is -3.82. The summed E-state index contributed by atoms with van der Waals surface area (Å²) in [6, 6.07) is 19.6. The van der Waals surface area contributed by atoms with Crippen LogP contribution in [0.4, 0.5) is 5.69 Å². The number of anilines is 1. The minimum absolute atomic E-state index is 0.142. The van der Waals surface area contributed by atoms with Gasteiger partial charge in [-0.1, -0.05) is 55.5 Å². The van der Waals surface area contributed by atoms with Crippen molar-refractivity contribution in [1.82, 2.24) is 9.29 Å². The van der Waals surface area contributed by atoms with Crippen LogP contribution in [0.1, 0.15) is 50.5 Å². The molecule has 1 aliphatic carbocycles. The van der Waals surface area contributed by atoms with Crippen LogP contribution in [0.25, 0.3) is 22.6 Å². The van der Waals surface area contributed by atoms with Crippen molar-refractivity contribution in [3.63, 3.8) is 0 Å². The van der Waals surface area contributed by atoms with Crippen LogP contribution in [0.15, 0.2) is 82.1 Å². The lowest BCUT2D eigenvalue weighted by molar-refractivity contribution is -0.122. The molecule has 1 aliphatic heterocycles. The number of imide groups is 1. The summed E-state index contributed by atoms with van der Waals surface area (Å²) in [5.41, 5.74) is 3.45. The number of para-hydroxylation sites is 2. The van der Waals surface area contributed by atoms with Crippen LogP contribution in [-0.4, -0.2) is 41.6 Å². The Morgan fingerprint density at radius 2 is 1.55 bits per heavy atom. The molecule has 1 unspecified atom stereocenters. The fourth-order valence-corrected chi connectivity index (χ4v) is 7.62. The van der Waals surface area contributed by atoms with Crippen molar-refractivity contribution in [1.29, 1.82) is 0 Å². The van der Waals surface area contributed by atoms with E-state index in [9.17, 15) is 18.0 Å². The molecule has 1 atom stereocenters. The van der Waals surface area contributed by atoms with Crippen molar-refractivity contribution in [2.24, 2.45) is 0 Å². The molecule has 0 spiro atoms. The van der Waals surface area contributed by atoms with Gasteiger partial charge < -0.3 is 4.42 Å². The number of aryl methyl sites for hydroxylation is 1. The highest BCUT2D eigenvalue weighted by molar-refractivity contribution is 7.89. The smallest absolute Gasteiger partial charge is 0.252 e. The van der Waals surface area contributed by atoms with E-state index in [1.54, 1.807) is 48.5 Å². The molecule has 1 saturated carbocycles. The number of rotatable bonds is 6. The highest BCUT2D eigenvalue weighted by atomic mass is 32.2. The Morgan fingerprint density at radius 3 is 2.23 bits per heavy atom. The van der Waals surface area contributed by atoms with Crippen molar-refractivity contribution in [2.75, 3.05) is 4.90 Å². The molecule has 40 heavy (non-hydrogen) atoms. The highest BCUT2D eigenvalue weighted by Gasteiger charge is 2.49. The summed E-state index contributed by atoms with van der Waals surface area (Å²) in [5.74, 6) is -0.490. The number of carbonyl (C=O) groups is 2. The third-order valence-corrected chi connectivity index (χ3v) is 9.85. The summed E-state index contributed by atoms with van der Waals surface area (Å²) in [5, 5.41) is 0. The second-order valence-electron chi connectivity index (χ2n) is 10.6. The molecule has 2 amide bonds. The van der Waals surface area contributed by atoms with Crippen LogP contribution in [0.2, 0.25) is 0 Å². The molecule has 1 saturated heterocycles. The number of hydrogen-bond acceptors (Lipinski definition) is 6. The van der Waals surface area contributed by atoms with Gasteiger partial charge in [-0.2, -0.15) is 4.31 Å². The molecule has 2 aliphatic rings. The van der Waals surface area contributed by atoms with Gasteiger partial charge in [0.15, 0.2) is 5.58 Å². The van der Waals surface area contributed by atoms with Gasteiger partial charge >= 0.3 is 0 Å². The number of amides is 2. The Labute approximate surface area is 233 Å². The van der Waals surface area contributed by atoms with E-state index in [-0.39, 0.29) is 17.4 Å². The largest absolute Gasteiger partial charge is 0.436 e. The third-order valence-electron chi connectivity index (χ3n) is 7.88. The summed E-state index contributed by atoms with van der Waals surface area (Å²) in [6.07, 6.45) is 4.99. The van der Waals surface area contributed by atoms with Crippen LogP contribution in [0.3, 0.4) is 0 Å². The quantitative estimate of drug-likeness (QED) is 0.218. The van der Waals surface area contributed by atoms with Gasteiger partial charge in [0.1, 0.15) is 11.6 Å². The zero-order valence-corrected chi connectivity index (χ0v) is 23.1. The topological polar surface area (TPSA) is 101 Å². The molecule has 3 aromatic carbocycles. The molecule has 4 aromatic rings. The summed E-state index contributed by atoms with van der Waals surface area (Å²) >= 11 is 0. The lowest BCUT2D eigenvalue weighted by Crippen LogP contribution is -2.50. The van der Waals surface area contributed by atoms with Gasteiger partial charge in [0, 0.05) is 11.6 Å². The molecule has 6 rings (SSSR count). The van der Waals surface area contributed by atoms with Crippen LogP contribution in [0, 0.1) is 6.92 Å². The lowest BCUT2D eigenvalue weighted by atomic mass is 10.1. The van der Waals surface area contributed by atoms with Gasteiger partial charge in [-0.25, -0.2) is 18.3 Å². The SMILES string of the molecule is Cc1ccc(S(=O)(=O)N(C2CCCCCC2)C2CC(=O)N(c3ccc(-c4nc5ccccc5o4)cc3)C2=O)cc1. The standard InChI is InChI=1S/C31H31N3O5S/c1-21-12-18-25(19-13-21)40(37,38)34(24-8-4-2-3-5-9-24)27-20-29(35)33(31(27)36)23-16-14-22(15-17-23)30-32-26-10-6-7-11-28(26)39-30/h6-7,10-19,24,27H,2-5,8-9,20H2,1H3. The predicted octanol–water partition coefficient (Wildman–Crippen LogP) is 5.85. The Balaban J connectivity index is 1.32. The molecule has 0 N–H and O–H groups in total. The number of benzene rings is 3. The van der Waals surface area contributed by atoms with Crippen molar-refractivity contribution < 1.29 is 22.4 Å². The highest BCUT2D eigenvalue weighted by Crippen LogP contribution is 2.35. The fourth-order valence-electron chi connectivity index (χ4n) is 5.80. The Kier molecular flexibility index (Phi) is 7.02. The maximum Gasteiger partial charge on any atom is 0.252 e. The van der Waals surface area contributed by atoms with Crippen molar-refractivity contribution in [3.05, 3.63) is 78.4 Å². The molecule has 206 valence electrons. The predicted molar refractivity (Wildman–Crippen MR) is 152 cm³/mol. The van der Waals surface area contributed by atoms with Crippen molar-refractivity contribution in [2.45, 2.75) is 68.8 Å². The third kappa shape index (κ3) is 4.84. The average Bonchev–Trinajstić information content (AvgIpc) is 3.38. The summed E-state index contributed by atoms with van der Waals surface area (Å²) in [4.78, 5) is 32.9. The molecule has 2 fully saturated rings. The Morgan fingerprint density at radius 1 is 0.875 bits per heavy atom. The van der Waals surface area contributed by atoms with Gasteiger partial charge in [-0.3, -0.25) is 9.59 Å². The molecule has 2 heterocycles. The zero-order chi connectivity index (χ0) is 27.9. The molecule has 0 radical (unpaired) electrons. The monoisotopic (exact) mass is 557 g/mol. The average molecular weight is 558 g/mol. The van der Waals surface area contributed by atoms with Crippen molar-refractivity contribution >= 4 is 38.6 Å². The van der Waals surface area contributed by atoms with Crippen LogP contribution < -0.4 is 4.90 Å². The molecule has 1 aromatic heterocycles. The summed E-state index contributed by atoms with van der Waals surface area (Å²) in [6.45, 7) is 1.89. The number of oxazole rings is 1.